The van der Waals surface area contributed by atoms with E-state index >= 15 is 0 Å². The third kappa shape index (κ3) is 4.60. The first kappa shape index (κ1) is 15.5. The average Bonchev–Trinajstić information content (AvgIpc) is 3.11. The van der Waals surface area contributed by atoms with Crippen molar-refractivity contribution in [3.8, 4) is 0 Å². The third-order valence-electron chi connectivity index (χ3n) is 4.11. The van der Waals surface area contributed by atoms with Crippen LogP contribution in [0, 0.1) is 5.41 Å². The SMILES string of the molecule is CC(C)(CCCCN(Cc1ccsc1)C1CC1)C(=O)O. The Hall–Kier alpha value is -0.870. The number of aliphatic carboxylic acids is 1. The summed E-state index contributed by atoms with van der Waals surface area (Å²) >= 11 is 1.76. The van der Waals surface area contributed by atoms with E-state index in [1.165, 1.54) is 18.4 Å². The van der Waals surface area contributed by atoms with E-state index in [4.69, 9.17) is 5.11 Å². The molecule has 1 fully saturated rings. The summed E-state index contributed by atoms with van der Waals surface area (Å²) in [7, 11) is 0. The molecule has 0 atom stereocenters. The molecule has 0 bridgehead atoms. The van der Waals surface area contributed by atoms with E-state index in [9.17, 15) is 4.79 Å². The molecule has 3 nitrogen and oxygen atoms in total. The summed E-state index contributed by atoms with van der Waals surface area (Å²) < 4.78 is 0. The first-order valence-corrected chi connectivity index (χ1v) is 8.42. The quantitative estimate of drug-likeness (QED) is 0.700. The van der Waals surface area contributed by atoms with Gasteiger partial charge in [0, 0.05) is 12.6 Å². The van der Waals surface area contributed by atoms with Gasteiger partial charge < -0.3 is 5.11 Å². The maximum Gasteiger partial charge on any atom is 0.309 e. The lowest BCUT2D eigenvalue weighted by molar-refractivity contribution is -0.147. The van der Waals surface area contributed by atoms with Gasteiger partial charge in [-0.2, -0.15) is 11.3 Å². The van der Waals surface area contributed by atoms with Crippen LogP contribution in [0.15, 0.2) is 16.8 Å². The number of hydrogen-bond acceptors (Lipinski definition) is 3. The second kappa shape index (κ2) is 6.72. The third-order valence-corrected chi connectivity index (χ3v) is 4.84. The van der Waals surface area contributed by atoms with Gasteiger partial charge in [0.15, 0.2) is 0 Å². The van der Waals surface area contributed by atoms with E-state index < -0.39 is 11.4 Å². The Morgan fingerprint density at radius 2 is 2.20 bits per heavy atom. The van der Waals surface area contributed by atoms with Gasteiger partial charge in [0.1, 0.15) is 0 Å². The molecule has 20 heavy (non-hydrogen) atoms. The van der Waals surface area contributed by atoms with Crippen molar-refractivity contribution in [3.63, 3.8) is 0 Å². The fraction of sp³-hybridized carbons (Fsp3) is 0.688. The highest BCUT2D eigenvalue weighted by Gasteiger charge is 2.29. The normalized spacial score (nSPS) is 15.8. The van der Waals surface area contributed by atoms with E-state index in [0.29, 0.717) is 0 Å². The fourth-order valence-corrected chi connectivity index (χ4v) is 3.10. The molecular formula is C16H25NO2S. The number of unbranched alkanes of at least 4 members (excludes halogenated alkanes) is 1. The van der Waals surface area contributed by atoms with Gasteiger partial charge in [0.25, 0.3) is 0 Å². The highest BCUT2D eigenvalue weighted by atomic mass is 32.1. The summed E-state index contributed by atoms with van der Waals surface area (Å²) in [6.07, 6.45) is 5.50. The van der Waals surface area contributed by atoms with E-state index in [2.05, 4.69) is 21.7 Å². The lowest BCUT2D eigenvalue weighted by Gasteiger charge is -2.23. The van der Waals surface area contributed by atoms with Crippen molar-refractivity contribution in [1.82, 2.24) is 4.90 Å². The molecule has 1 aliphatic rings. The van der Waals surface area contributed by atoms with Gasteiger partial charge in [0.05, 0.1) is 5.41 Å². The molecule has 4 heteroatoms. The van der Waals surface area contributed by atoms with Crippen molar-refractivity contribution in [2.24, 2.45) is 5.41 Å². The molecule has 1 aliphatic carbocycles. The van der Waals surface area contributed by atoms with Crippen LogP contribution in [0.25, 0.3) is 0 Å². The Morgan fingerprint density at radius 1 is 1.45 bits per heavy atom. The van der Waals surface area contributed by atoms with E-state index in [-0.39, 0.29) is 0 Å². The zero-order valence-electron chi connectivity index (χ0n) is 12.5. The van der Waals surface area contributed by atoms with Gasteiger partial charge in [-0.1, -0.05) is 6.42 Å². The molecule has 2 rings (SSSR count). The average molecular weight is 295 g/mol. The van der Waals surface area contributed by atoms with Crippen LogP contribution in [0.5, 0.6) is 0 Å². The smallest absolute Gasteiger partial charge is 0.309 e. The summed E-state index contributed by atoms with van der Waals surface area (Å²) in [5, 5.41) is 13.5. The highest BCUT2D eigenvalue weighted by Crippen LogP contribution is 2.30. The fourth-order valence-electron chi connectivity index (χ4n) is 2.44. The molecule has 1 aromatic rings. The van der Waals surface area contributed by atoms with Crippen LogP contribution in [0.3, 0.4) is 0 Å². The molecular weight excluding hydrogens is 270 g/mol. The minimum atomic E-state index is -0.685. The zero-order valence-corrected chi connectivity index (χ0v) is 13.3. The van der Waals surface area contributed by atoms with Crippen LogP contribution in [-0.2, 0) is 11.3 Å². The lowest BCUT2D eigenvalue weighted by atomic mass is 9.87. The predicted octanol–water partition coefficient (Wildman–Crippen LogP) is 3.99. The van der Waals surface area contributed by atoms with Crippen molar-refractivity contribution in [3.05, 3.63) is 22.4 Å². The Labute approximate surface area is 125 Å². The van der Waals surface area contributed by atoms with Crippen LogP contribution < -0.4 is 0 Å². The molecule has 0 unspecified atom stereocenters. The number of carboxylic acid groups (broad SMARTS) is 1. The summed E-state index contributed by atoms with van der Waals surface area (Å²) in [5.74, 6) is -0.685. The Balaban J connectivity index is 1.72. The van der Waals surface area contributed by atoms with Crippen LogP contribution >= 0.6 is 11.3 Å². The van der Waals surface area contributed by atoms with Gasteiger partial charge in [-0.05, 0) is 68.5 Å². The van der Waals surface area contributed by atoms with Gasteiger partial charge in [0.2, 0.25) is 0 Å². The standard InChI is InChI=1S/C16H25NO2S/c1-16(2,15(18)19)8-3-4-9-17(14-5-6-14)11-13-7-10-20-12-13/h7,10,12,14H,3-6,8-9,11H2,1-2H3,(H,18,19). The maximum absolute atomic E-state index is 11.1. The molecule has 0 saturated heterocycles. The molecule has 0 radical (unpaired) electrons. The van der Waals surface area contributed by atoms with Crippen LogP contribution in [0.1, 0.15) is 51.5 Å². The highest BCUT2D eigenvalue weighted by molar-refractivity contribution is 7.07. The number of thiophene rings is 1. The minimum absolute atomic E-state index is 0.586. The molecule has 1 N–H and O–H groups in total. The van der Waals surface area contributed by atoms with Crippen molar-refractivity contribution >= 4 is 17.3 Å². The Bertz CT molecular complexity index is 424. The Kier molecular flexibility index (Phi) is 5.22. The van der Waals surface area contributed by atoms with E-state index in [1.807, 2.05) is 13.8 Å². The Morgan fingerprint density at radius 3 is 2.75 bits per heavy atom. The minimum Gasteiger partial charge on any atom is -0.481 e. The van der Waals surface area contributed by atoms with Gasteiger partial charge >= 0.3 is 5.97 Å². The second-order valence-electron chi connectivity index (χ2n) is 6.48. The first-order chi connectivity index (χ1) is 9.49. The summed E-state index contributed by atoms with van der Waals surface area (Å²) in [4.78, 5) is 13.6. The number of rotatable bonds is 9. The van der Waals surface area contributed by atoms with Crippen LogP contribution in [-0.4, -0.2) is 28.6 Å². The van der Waals surface area contributed by atoms with Gasteiger partial charge in [-0.15, -0.1) is 0 Å². The van der Waals surface area contributed by atoms with Crippen molar-refractivity contribution in [2.45, 2.75) is 58.5 Å². The molecule has 1 aromatic heterocycles. The molecule has 0 aromatic carbocycles. The van der Waals surface area contributed by atoms with Crippen molar-refractivity contribution < 1.29 is 9.90 Å². The molecule has 1 heterocycles. The molecule has 1 saturated carbocycles. The predicted molar refractivity (Wildman–Crippen MR) is 83.0 cm³/mol. The van der Waals surface area contributed by atoms with E-state index in [0.717, 1.165) is 38.4 Å². The van der Waals surface area contributed by atoms with Gasteiger partial charge in [-0.25, -0.2) is 0 Å². The number of carboxylic acids is 1. The lowest BCUT2D eigenvalue weighted by Crippen LogP contribution is -2.27. The first-order valence-electron chi connectivity index (χ1n) is 7.47. The monoisotopic (exact) mass is 295 g/mol. The molecule has 112 valence electrons. The number of carbonyl (C=O) groups is 1. The topological polar surface area (TPSA) is 40.5 Å². The summed E-state index contributed by atoms with van der Waals surface area (Å²) in [5.41, 5.74) is 0.824. The maximum atomic E-state index is 11.1. The summed E-state index contributed by atoms with van der Waals surface area (Å²) in [6, 6.07) is 2.97. The molecule has 0 amide bonds. The molecule has 0 spiro atoms. The number of hydrogen-bond donors (Lipinski definition) is 1. The van der Waals surface area contributed by atoms with Crippen LogP contribution in [0.4, 0.5) is 0 Å². The summed E-state index contributed by atoms with van der Waals surface area (Å²) in [6.45, 7) is 5.78. The van der Waals surface area contributed by atoms with Gasteiger partial charge in [-0.3, -0.25) is 9.69 Å². The zero-order chi connectivity index (χ0) is 14.6. The molecule has 0 aliphatic heterocycles. The van der Waals surface area contributed by atoms with Crippen molar-refractivity contribution in [1.29, 1.82) is 0 Å². The van der Waals surface area contributed by atoms with Crippen LogP contribution in [0.2, 0.25) is 0 Å². The van der Waals surface area contributed by atoms with Crippen molar-refractivity contribution in [2.75, 3.05) is 6.54 Å². The number of nitrogens with zero attached hydrogens (tertiary/aromatic N) is 1. The largest absolute Gasteiger partial charge is 0.481 e. The van der Waals surface area contributed by atoms with E-state index in [1.54, 1.807) is 11.3 Å². The second-order valence-corrected chi connectivity index (χ2v) is 7.26.